The van der Waals surface area contributed by atoms with E-state index in [9.17, 15) is 0 Å². The molecule has 0 aliphatic heterocycles. The minimum Gasteiger partial charge on any atom is -0.493 e. The molecule has 0 atom stereocenters. The van der Waals surface area contributed by atoms with E-state index in [1.807, 2.05) is 26.0 Å². The Kier molecular flexibility index (Phi) is 2.69. The standard InChI is InChI=1S/C12H15ClO/c1-8-6-12(9(2)5-11(8)13)14-7-10-3-4-10/h5-6,10H,3-4,7H2,1-2H3. The number of rotatable bonds is 3. The summed E-state index contributed by atoms with van der Waals surface area (Å²) in [7, 11) is 0. The molecule has 1 fully saturated rings. The Labute approximate surface area is 90.0 Å². The highest BCUT2D eigenvalue weighted by Crippen LogP contribution is 2.31. The van der Waals surface area contributed by atoms with Gasteiger partial charge in [0.1, 0.15) is 5.75 Å². The van der Waals surface area contributed by atoms with E-state index >= 15 is 0 Å². The second-order valence-electron chi connectivity index (χ2n) is 4.12. The Morgan fingerprint density at radius 1 is 1.29 bits per heavy atom. The van der Waals surface area contributed by atoms with Gasteiger partial charge in [-0.05, 0) is 55.9 Å². The van der Waals surface area contributed by atoms with Gasteiger partial charge in [0.05, 0.1) is 6.61 Å². The van der Waals surface area contributed by atoms with Crippen molar-refractivity contribution in [1.29, 1.82) is 0 Å². The molecule has 1 aromatic rings. The van der Waals surface area contributed by atoms with E-state index < -0.39 is 0 Å². The zero-order chi connectivity index (χ0) is 10.1. The highest BCUT2D eigenvalue weighted by molar-refractivity contribution is 6.31. The summed E-state index contributed by atoms with van der Waals surface area (Å²) in [5.41, 5.74) is 2.21. The summed E-state index contributed by atoms with van der Waals surface area (Å²) in [6, 6.07) is 4.00. The molecule has 76 valence electrons. The summed E-state index contributed by atoms with van der Waals surface area (Å²) in [6.07, 6.45) is 2.65. The third-order valence-electron chi connectivity index (χ3n) is 2.63. The lowest BCUT2D eigenvalue weighted by molar-refractivity contribution is 0.297. The smallest absolute Gasteiger partial charge is 0.122 e. The monoisotopic (exact) mass is 210 g/mol. The van der Waals surface area contributed by atoms with Gasteiger partial charge < -0.3 is 4.74 Å². The van der Waals surface area contributed by atoms with Crippen molar-refractivity contribution in [2.45, 2.75) is 26.7 Å². The Bertz CT molecular complexity index is 342. The molecule has 0 aromatic heterocycles. The van der Waals surface area contributed by atoms with Crippen molar-refractivity contribution in [3.63, 3.8) is 0 Å². The summed E-state index contributed by atoms with van der Waals surface area (Å²) in [5, 5.41) is 0.821. The molecule has 0 amide bonds. The fourth-order valence-corrected chi connectivity index (χ4v) is 1.62. The largest absolute Gasteiger partial charge is 0.493 e. The Morgan fingerprint density at radius 2 is 2.00 bits per heavy atom. The molecule has 2 rings (SSSR count). The summed E-state index contributed by atoms with van der Waals surface area (Å²) < 4.78 is 5.74. The predicted octanol–water partition coefficient (Wildman–Crippen LogP) is 3.75. The van der Waals surface area contributed by atoms with Crippen molar-refractivity contribution < 1.29 is 4.74 Å². The lowest BCUT2D eigenvalue weighted by atomic mass is 10.1. The minimum atomic E-state index is 0.797. The number of aryl methyl sites for hydroxylation is 2. The van der Waals surface area contributed by atoms with Crippen molar-refractivity contribution >= 4 is 11.6 Å². The van der Waals surface area contributed by atoms with Gasteiger partial charge in [0.25, 0.3) is 0 Å². The van der Waals surface area contributed by atoms with Crippen LogP contribution in [0.3, 0.4) is 0 Å². The van der Waals surface area contributed by atoms with Gasteiger partial charge in [-0.1, -0.05) is 11.6 Å². The summed E-state index contributed by atoms with van der Waals surface area (Å²) in [5.74, 6) is 1.78. The second kappa shape index (κ2) is 3.82. The Hall–Kier alpha value is -0.690. The number of benzene rings is 1. The van der Waals surface area contributed by atoms with Gasteiger partial charge in [0.2, 0.25) is 0 Å². The predicted molar refractivity (Wildman–Crippen MR) is 59.1 cm³/mol. The molecule has 1 nitrogen and oxygen atoms in total. The van der Waals surface area contributed by atoms with Crippen LogP contribution in [0, 0.1) is 19.8 Å². The van der Waals surface area contributed by atoms with Gasteiger partial charge in [0, 0.05) is 5.02 Å². The van der Waals surface area contributed by atoms with Gasteiger partial charge in [-0.2, -0.15) is 0 Å². The molecule has 0 saturated heterocycles. The van der Waals surface area contributed by atoms with E-state index in [0.717, 1.165) is 34.4 Å². The van der Waals surface area contributed by atoms with Gasteiger partial charge in [-0.15, -0.1) is 0 Å². The third-order valence-corrected chi connectivity index (χ3v) is 3.03. The van der Waals surface area contributed by atoms with Crippen LogP contribution in [0.5, 0.6) is 5.75 Å². The van der Waals surface area contributed by atoms with Crippen molar-refractivity contribution in [1.82, 2.24) is 0 Å². The highest BCUT2D eigenvalue weighted by atomic mass is 35.5. The molecular weight excluding hydrogens is 196 g/mol. The molecule has 1 aromatic carbocycles. The number of hydrogen-bond acceptors (Lipinski definition) is 1. The number of halogens is 1. The van der Waals surface area contributed by atoms with E-state index in [1.165, 1.54) is 12.8 Å². The lowest BCUT2D eigenvalue weighted by Crippen LogP contribution is -2.00. The normalized spacial score (nSPS) is 15.6. The average molecular weight is 211 g/mol. The van der Waals surface area contributed by atoms with E-state index in [4.69, 9.17) is 16.3 Å². The van der Waals surface area contributed by atoms with E-state index in [1.54, 1.807) is 0 Å². The van der Waals surface area contributed by atoms with Gasteiger partial charge in [0.15, 0.2) is 0 Å². The second-order valence-corrected chi connectivity index (χ2v) is 4.53. The summed E-state index contributed by atoms with van der Waals surface area (Å²) >= 11 is 6.01. The molecule has 14 heavy (non-hydrogen) atoms. The first-order valence-corrected chi connectivity index (χ1v) is 5.44. The van der Waals surface area contributed by atoms with Crippen LogP contribution in [0.25, 0.3) is 0 Å². The van der Waals surface area contributed by atoms with Crippen molar-refractivity contribution in [2.24, 2.45) is 5.92 Å². The maximum absolute atomic E-state index is 6.01. The van der Waals surface area contributed by atoms with Crippen molar-refractivity contribution in [3.8, 4) is 5.75 Å². The quantitative estimate of drug-likeness (QED) is 0.739. The molecule has 0 bridgehead atoms. The topological polar surface area (TPSA) is 9.23 Å². The zero-order valence-electron chi connectivity index (χ0n) is 8.64. The van der Waals surface area contributed by atoms with Crippen LogP contribution >= 0.6 is 11.6 Å². The molecule has 0 N–H and O–H groups in total. The van der Waals surface area contributed by atoms with E-state index in [0.29, 0.717) is 0 Å². The zero-order valence-corrected chi connectivity index (χ0v) is 9.40. The van der Waals surface area contributed by atoms with Crippen LogP contribution in [-0.4, -0.2) is 6.61 Å². The SMILES string of the molecule is Cc1cc(OCC2CC2)c(C)cc1Cl. The molecule has 1 saturated carbocycles. The minimum absolute atomic E-state index is 0.797. The molecule has 1 aliphatic carbocycles. The van der Waals surface area contributed by atoms with Gasteiger partial charge >= 0.3 is 0 Å². The molecule has 0 spiro atoms. The van der Waals surface area contributed by atoms with Crippen molar-refractivity contribution in [3.05, 3.63) is 28.3 Å². The first-order valence-electron chi connectivity index (χ1n) is 5.06. The third kappa shape index (κ3) is 2.21. The molecule has 2 heteroatoms. The summed E-state index contributed by atoms with van der Waals surface area (Å²) in [4.78, 5) is 0. The van der Waals surface area contributed by atoms with Crippen molar-refractivity contribution in [2.75, 3.05) is 6.61 Å². The maximum atomic E-state index is 6.01. The number of hydrogen-bond donors (Lipinski definition) is 0. The van der Waals surface area contributed by atoms with E-state index in [-0.39, 0.29) is 0 Å². The first kappa shape index (κ1) is 9.85. The average Bonchev–Trinajstić information content (AvgIpc) is 2.92. The lowest BCUT2D eigenvalue weighted by Gasteiger charge is -2.10. The Balaban J connectivity index is 2.10. The van der Waals surface area contributed by atoms with Gasteiger partial charge in [-0.25, -0.2) is 0 Å². The van der Waals surface area contributed by atoms with Crippen LogP contribution in [0.1, 0.15) is 24.0 Å². The molecular formula is C12H15ClO. The van der Waals surface area contributed by atoms with Crippen LogP contribution in [0.4, 0.5) is 0 Å². The molecule has 1 aliphatic rings. The first-order chi connectivity index (χ1) is 6.66. The van der Waals surface area contributed by atoms with Crippen LogP contribution < -0.4 is 4.74 Å². The summed E-state index contributed by atoms with van der Waals surface area (Å²) in [6.45, 7) is 4.90. The molecule has 0 heterocycles. The number of ether oxygens (including phenoxy) is 1. The Morgan fingerprint density at radius 3 is 2.64 bits per heavy atom. The molecule has 0 unspecified atom stereocenters. The maximum Gasteiger partial charge on any atom is 0.122 e. The fraction of sp³-hybridized carbons (Fsp3) is 0.500. The van der Waals surface area contributed by atoms with Crippen LogP contribution in [0.15, 0.2) is 12.1 Å². The fourth-order valence-electron chi connectivity index (χ4n) is 1.40. The highest BCUT2D eigenvalue weighted by Gasteiger charge is 2.22. The van der Waals surface area contributed by atoms with Crippen LogP contribution in [0.2, 0.25) is 5.02 Å². The van der Waals surface area contributed by atoms with E-state index in [2.05, 4.69) is 0 Å². The van der Waals surface area contributed by atoms with Gasteiger partial charge in [-0.3, -0.25) is 0 Å². The van der Waals surface area contributed by atoms with Crippen LogP contribution in [-0.2, 0) is 0 Å². The molecule has 0 radical (unpaired) electrons.